The Kier molecular flexibility index (Phi) is 15.1. The predicted molar refractivity (Wildman–Crippen MR) is 230 cm³/mol. The van der Waals surface area contributed by atoms with Gasteiger partial charge in [0.25, 0.3) is 0 Å². The van der Waals surface area contributed by atoms with E-state index in [0.717, 1.165) is 5.57 Å². The molecule has 1 aliphatic carbocycles. The summed E-state index contributed by atoms with van der Waals surface area (Å²) in [6.45, 7) is 16.3. The zero-order chi connectivity index (χ0) is 44.7. The van der Waals surface area contributed by atoms with Crippen LogP contribution in [0.15, 0.2) is 59.3 Å². The van der Waals surface area contributed by atoms with Gasteiger partial charge in [-0.3, -0.25) is 4.79 Å². The lowest BCUT2D eigenvalue weighted by Crippen LogP contribution is -2.58. The Labute approximate surface area is 368 Å². The van der Waals surface area contributed by atoms with Crippen molar-refractivity contribution in [1.82, 2.24) is 5.32 Å². The second kappa shape index (κ2) is 19.7. The van der Waals surface area contributed by atoms with Crippen LogP contribution in [0.1, 0.15) is 87.5 Å². The lowest BCUT2D eigenvalue weighted by atomic mass is 9.71. The van der Waals surface area contributed by atoms with Gasteiger partial charge in [0.2, 0.25) is 0 Å². The third-order valence-electron chi connectivity index (χ3n) is 14.3. The molecule has 0 aromatic heterocycles. The number of methoxy groups -OCH3 is 2. The van der Waals surface area contributed by atoms with E-state index in [0.29, 0.717) is 43.3 Å². The molecular weight excluding hydrogens is 799 g/mol. The maximum atomic E-state index is 14.3. The number of esters is 1. The third kappa shape index (κ3) is 9.64. The van der Waals surface area contributed by atoms with Gasteiger partial charge < -0.3 is 62.9 Å². The van der Waals surface area contributed by atoms with E-state index in [1.807, 2.05) is 39.1 Å². The molecular formula is C48H73NO13. The van der Waals surface area contributed by atoms with E-state index in [9.17, 15) is 15.0 Å². The van der Waals surface area contributed by atoms with Gasteiger partial charge in [-0.05, 0) is 69.9 Å². The van der Waals surface area contributed by atoms with Gasteiger partial charge in [0, 0.05) is 51.7 Å². The molecule has 14 heteroatoms. The van der Waals surface area contributed by atoms with Gasteiger partial charge in [-0.2, -0.15) is 0 Å². The number of carbonyl (C=O) groups excluding carboxylic acids is 1. The Hall–Kier alpha value is -2.31. The van der Waals surface area contributed by atoms with Gasteiger partial charge in [-0.1, -0.05) is 64.2 Å². The highest BCUT2D eigenvalue weighted by Crippen LogP contribution is 2.47. The summed E-state index contributed by atoms with van der Waals surface area (Å²) in [6, 6.07) is 0.0445. The number of aliphatic hydroxyl groups is 2. The smallest absolute Gasteiger partial charge is 0.316 e. The minimum atomic E-state index is -1.83. The van der Waals surface area contributed by atoms with Crippen molar-refractivity contribution in [1.29, 1.82) is 0 Å². The first-order chi connectivity index (χ1) is 29.5. The molecule has 7 rings (SSSR count). The number of ether oxygens (including phenoxy) is 10. The molecule has 0 amide bonds. The van der Waals surface area contributed by atoms with Crippen LogP contribution in [-0.4, -0.2) is 141 Å². The highest BCUT2D eigenvalue weighted by Gasteiger charge is 2.60. The fourth-order valence-electron chi connectivity index (χ4n) is 10.9. The lowest BCUT2D eigenvalue weighted by molar-refractivity contribution is -0.312. The first kappa shape index (κ1) is 47.6. The second-order valence-electron chi connectivity index (χ2n) is 19.1. The quantitative estimate of drug-likeness (QED) is 0.215. The van der Waals surface area contributed by atoms with Gasteiger partial charge >= 0.3 is 5.97 Å². The summed E-state index contributed by atoms with van der Waals surface area (Å²) in [5.41, 5.74) is 0.176. The van der Waals surface area contributed by atoms with E-state index in [1.54, 1.807) is 33.3 Å². The summed E-state index contributed by atoms with van der Waals surface area (Å²) < 4.78 is 64.3. The predicted octanol–water partition coefficient (Wildman–Crippen LogP) is 5.21. The zero-order valence-corrected chi connectivity index (χ0v) is 38.6. The first-order valence-electron chi connectivity index (χ1n) is 22.9. The molecule has 0 unspecified atom stereocenters. The molecule has 0 radical (unpaired) electrons. The number of carbonyl (C=O) groups is 1. The van der Waals surface area contributed by atoms with E-state index < -0.39 is 66.4 Å². The molecule has 2 bridgehead atoms. The molecule has 7 aliphatic rings. The number of hydrogen-bond acceptors (Lipinski definition) is 14. The molecule has 1 spiro atoms. The van der Waals surface area contributed by atoms with E-state index in [-0.39, 0.29) is 67.0 Å². The Morgan fingerprint density at radius 3 is 2.31 bits per heavy atom. The number of hydrogen-bond donors (Lipinski definition) is 3. The van der Waals surface area contributed by atoms with Crippen LogP contribution in [0.4, 0.5) is 0 Å². The Balaban J connectivity index is 1.17. The van der Waals surface area contributed by atoms with Crippen LogP contribution in [0.2, 0.25) is 0 Å². The van der Waals surface area contributed by atoms with Gasteiger partial charge in [-0.25, -0.2) is 0 Å². The summed E-state index contributed by atoms with van der Waals surface area (Å²) in [4.78, 5) is 14.3. The third-order valence-corrected chi connectivity index (χ3v) is 14.3. The molecule has 3 N–H and O–H groups in total. The van der Waals surface area contributed by atoms with Gasteiger partial charge in [0.15, 0.2) is 18.4 Å². The summed E-state index contributed by atoms with van der Waals surface area (Å²) in [6.07, 6.45) is 9.72. The van der Waals surface area contributed by atoms with Crippen LogP contribution in [0, 0.1) is 23.7 Å². The van der Waals surface area contributed by atoms with Crippen molar-refractivity contribution >= 4 is 5.97 Å². The van der Waals surface area contributed by atoms with E-state index in [2.05, 4.69) is 52.1 Å². The molecule has 6 aliphatic heterocycles. The fraction of sp³-hybridized carbons (Fsp3) is 0.771. The van der Waals surface area contributed by atoms with Crippen molar-refractivity contribution in [2.24, 2.45) is 23.7 Å². The van der Waals surface area contributed by atoms with Gasteiger partial charge in [-0.15, -0.1) is 0 Å². The largest absolute Gasteiger partial charge is 0.462 e. The van der Waals surface area contributed by atoms with Crippen LogP contribution >= 0.6 is 0 Å². The SMILES string of the molecule is CN[C@@H]1[C@H](C)O[C@@H](O[C@H]2[C@H](C)O[C@@H](O[C@@H]3/C(C)=C\C[C@@H]4C[C@@H](C[C@]5(C=C[C@H](C)[C@@H](C(C)C)O5)O4)OC(=O)[C@@H]4C=C(C)[C@@H](O)[C@H]5OCC(=C/C=C\[C@@H]3C)[C@]54O)C[C@@H]2OC)C[C@@H]1OC. The summed E-state index contributed by atoms with van der Waals surface area (Å²) in [5.74, 6) is -2.56. The zero-order valence-electron chi connectivity index (χ0n) is 38.6. The molecule has 0 aromatic rings. The van der Waals surface area contributed by atoms with Crippen LogP contribution in [-0.2, 0) is 52.2 Å². The average molecular weight is 872 g/mol. The van der Waals surface area contributed by atoms with Crippen LogP contribution in [0.3, 0.4) is 0 Å². The van der Waals surface area contributed by atoms with Crippen molar-refractivity contribution in [2.45, 2.75) is 185 Å². The summed E-state index contributed by atoms with van der Waals surface area (Å²) >= 11 is 0. The standard InChI is InChI=1S/C48H73NO13/c1-25(2)42-28(5)17-18-47(62-42)23-34-20-33(61-47)16-15-27(4)43(26(3)13-12-14-32-24-55-45-41(50)29(6)19-35(46(51)58-34)48(32,45)52)59-39-22-37(54-11)44(31(8)57-39)60-38-21-36(53-10)40(49-9)30(7)56-38/h12-15,17-19,25-26,28,30-31,33-45,49-50,52H,16,20-24H2,1-11H3/b13-12-,27-15-,32-14?/t26-,28-,30-,31-,33+,34-,35-,36-,37-,38-,39-,40+,41+,42+,43-,44-,45+,47+,48+/m0/s1. The van der Waals surface area contributed by atoms with Crippen molar-refractivity contribution in [3.05, 3.63) is 59.3 Å². The average Bonchev–Trinajstić information content (AvgIpc) is 3.57. The Morgan fingerprint density at radius 2 is 1.60 bits per heavy atom. The Bertz CT molecular complexity index is 1730. The lowest BCUT2D eigenvalue weighted by Gasteiger charge is -2.48. The molecule has 348 valence electrons. The van der Waals surface area contributed by atoms with E-state index in [4.69, 9.17) is 47.4 Å². The highest BCUT2D eigenvalue weighted by molar-refractivity contribution is 5.78. The van der Waals surface area contributed by atoms with Crippen LogP contribution in [0.5, 0.6) is 0 Å². The normalized spacial score (nSPS) is 47.9. The number of likely N-dealkylation sites (N-methyl/N-ethyl adjacent to an activating group) is 1. The minimum Gasteiger partial charge on any atom is -0.462 e. The maximum absolute atomic E-state index is 14.3. The van der Waals surface area contributed by atoms with Gasteiger partial charge in [0.05, 0.1) is 55.4 Å². The molecule has 6 heterocycles. The molecule has 14 nitrogen and oxygen atoms in total. The van der Waals surface area contributed by atoms with E-state index in [1.165, 1.54) is 0 Å². The van der Waals surface area contributed by atoms with Crippen molar-refractivity contribution in [2.75, 3.05) is 27.9 Å². The first-order valence-corrected chi connectivity index (χ1v) is 22.9. The topological polar surface area (TPSA) is 162 Å². The number of rotatable bonds is 8. The van der Waals surface area contributed by atoms with Crippen molar-refractivity contribution < 1.29 is 62.4 Å². The summed E-state index contributed by atoms with van der Waals surface area (Å²) in [7, 11) is 5.30. The maximum Gasteiger partial charge on any atom is 0.316 e. The highest BCUT2D eigenvalue weighted by atomic mass is 16.7. The van der Waals surface area contributed by atoms with E-state index >= 15 is 0 Å². The number of fused-ring (bicyclic) bond motifs is 2. The van der Waals surface area contributed by atoms with Crippen molar-refractivity contribution in [3.63, 3.8) is 0 Å². The molecule has 19 atom stereocenters. The molecule has 62 heavy (non-hydrogen) atoms. The van der Waals surface area contributed by atoms with Crippen molar-refractivity contribution in [3.8, 4) is 0 Å². The molecule has 4 fully saturated rings. The van der Waals surface area contributed by atoms with Crippen LogP contribution < -0.4 is 5.32 Å². The van der Waals surface area contributed by atoms with Gasteiger partial charge in [0.1, 0.15) is 35.9 Å². The molecule has 0 aromatic carbocycles. The fourth-order valence-corrected chi connectivity index (χ4v) is 10.9. The second-order valence-corrected chi connectivity index (χ2v) is 19.1. The monoisotopic (exact) mass is 872 g/mol. The number of nitrogens with one attached hydrogen (secondary N) is 1. The minimum absolute atomic E-state index is 0.0407. The molecule has 4 saturated heterocycles. The number of aliphatic hydroxyl groups excluding tert-OH is 1. The number of allylic oxidation sites excluding steroid dienone is 2. The van der Waals surface area contributed by atoms with Crippen LogP contribution in [0.25, 0.3) is 0 Å². The Morgan fingerprint density at radius 1 is 0.887 bits per heavy atom. The molecule has 0 saturated carbocycles. The summed E-state index contributed by atoms with van der Waals surface area (Å²) in [5, 5.41) is 27.0.